The van der Waals surface area contributed by atoms with Crippen molar-refractivity contribution in [3.8, 4) is 6.07 Å². The number of nitriles is 1. The van der Waals surface area contributed by atoms with Crippen LogP contribution in [0.4, 0.5) is 0 Å². The van der Waals surface area contributed by atoms with E-state index in [9.17, 15) is 0 Å². The minimum absolute atomic E-state index is 0.696. The Hall–Kier alpha value is -1.82. The summed E-state index contributed by atoms with van der Waals surface area (Å²) in [5, 5.41) is 8.63. The third kappa shape index (κ3) is 2.11. The second-order valence-electron chi connectivity index (χ2n) is 2.58. The smallest absolute Gasteiger partial charge is 0.0988 e. The molecule has 0 spiro atoms. The van der Waals surface area contributed by atoms with Gasteiger partial charge in [0.05, 0.1) is 18.1 Å². The summed E-state index contributed by atoms with van der Waals surface area (Å²) in [5.41, 5.74) is 2.69. The van der Waals surface area contributed by atoms with Gasteiger partial charge in [-0.2, -0.15) is 5.26 Å². The quantitative estimate of drug-likeness (QED) is 0.678. The second-order valence-corrected chi connectivity index (χ2v) is 2.58. The van der Waals surface area contributed by atoms with Crippen molar-refractivity contribution in [2.45, 2.75) is 20.3 Å². The lowest BCUT2D eigenvalue weighted by Crippen LogP contribution is -1.82. The lowest BCUT2D eigenvalue weighted by atomic mass is 10.2. The molecule has 0 aliphatic heterocycles. The van der Waals surface area contributed by atoms with Crippen LogP contribution in [-0.2, 0) is 6.42 Å². The van der Waals surface area contributed by atoms with Crippen LogP contribution in [0.5, 0.6) is 0 Å². The molecule has 0 fully saturated rings. The summed E-state index contributed by atoms with van der Waals surface area (Å²) in [6.07, 6.45) is 7.95. The van der Waals surface area contributed by atoms with Crippen molar-refractivity contribution < 1.29 is 0 Å². The molecule has 72 valence electrons. The van der Waals surface area contributed by atoms with E-state index in [0.717, 1.165) is 17.8 Å². The van der Waals surface area contributed by atoms with Gasteiger partial charge in [-0.05, 0) is 12.2 Å². The highest BCUT2D eigenvalue weighted by Crippen LogP contribution is 2.13. The Balaban J connectivity index is 0.000000461. The molecule has 14 heavy (non-hydrogen) atoms. The van der Waals surface area contributed by atoms with Crippen LogP contribution in [0.2, 0.25) is 0 Å². The molecule has 0 saturated carbocycles. The number of hydrogen-bond donors (Lipinski definition) is 1. The first-order valence-corrected chi connectivity index (χ1v) is 4.71. The molecule has 1 heterocycles. The molecule has 1 aromatic heterocycles. The maximum atomic E-state index is 8.63. The summed E-state index contributed by atoms with van der Waals surface area (Å²) in [6.45, 7) is 4.00. The maximum absolute atomic E-state index is 8.63. The van der Waals surface area contributed by atoms with Crippen molar-refractivity contribution in [2.24, 2.45) is 0 Å². The predicted molar refractivity (Wildman–Crippen MR) is 56.4 cm³/mol. The number of fused-ring (bicyclic) bond motifs is 1. The summed E-state index contributed by atoms with van der Waals surface area (Å²) in [4.78, 5) is 7.13. The lowest BCUT2D eigenvalue weighted by molar-refractivity contribution is 1.14. The van der Waals surface area contributed by atoms with Gasteiger partial charge in [-0.3, -0.25) is 0 Å². The molecule has 0 unspecified atom stereocenters. The average Bonchev–Trinajstić information content (AvgIpc) is 2.61. The topological polar surface area (TPSA) is 52.5 Å². The van der Waals surface area contributed by atoms with Gasteiger partial charge >= 0.3 is 0 Å². The Morgan fingerprint density at radius 2 is 2.21 bits per heavy atom. The summed E-state index contributed by atoms with van der Waals surface area (Å²) < 4.78 is 0. The molecule has 0 bridgehead atoms. The van der Waals surface area contributed by atoms with Crippen molar-refractivity contribution in [1.82, 2.24) is 9.97 Å². The molecule has 1 aliphatic rings. The molecule has 0 saturated heterocycles. The van der Waals surface area contributed by atoms with Crippen LogP contribution in [0.1, 0.15) is 25.2 Å². The standard InChI is InChI=1S/C9H7N3.C2H6/c10-5-7-1-3-8-9(4-2-7)12-6-11-8;1-2/h1-3,6H,4H2,(H,11,12);1-2H3. The Labute approximate surface area is 83.8 Å². The average molecular weight is 187 g/mol. The second kappa shape index (κ2) is 5.03. The van der Waals surface area contributed by atoms with Gasteiger partial charge in [-0.25, -0.2) is 4.98 Å². The monoisotopic (exact) mass is 187 g/mol. The molecule has 0 aromatic carbocycles. The fraction of sp³-hybridized carbons (Fsp3) is 0.273. The predicted octanol–water partition coefficient (Wildman–Crippen LogP) is 2.46. The fourth-order valence-corrected chi connectivity index (χ4v) is 1.17. The molecule has 1 aliphatic carbocycles. The molecular weight excluding hydrogens is 174 g/mol. The zero-order valence-corrected chi connectivity index (χ0v) is 8.41. The van der Waals surface area contributed by atoms with Crippen LogP contribution < -0.4 is 0 Å². The van der Waals surface area contributed by atoms with Crippen LogP contribution in [0.3, 0.4) is 0 Å². The molecule has 3 heteroatoms. The third-order valence-electron chi connectivity index (χ3n) is 1.83. The summed E-state index contributed by atoms with van der Waals surface area (Å²) in [6, 6.07) is 2.10. The normalized spacial score (nSPS) is 12.8. The Morgan fingerprint density at radius 1 is 1.43 bits per heavy atom. The van der Waals surface area contributed by atoms with Gasteiger partial charge in [0, 0.05) is 17.7 Å². The van der Waals surface area contributed by atoms with Gasteiger partial charge < -0.3 is 4.98 Å². The van der Waals surface area contributed by atoms with E-state index >= 15 is 0 Å². The first-order chi connectivity index (χ1) is 6.90. The highest BCUT2D eigenvalue weighted by Gasteiger charge is 2.04. The number of aromatic nitrogens is 2. The molecule has 2 rings (SSSR count). The fourth-order valence-electron chi connectivity index (χ4n) is 1.17. The molecule has 3 nitrogen and oxygen atoms in total. The van der Waals surface area contributed by atoms with Crippen LogP contribution in [0.25, 0.3) is 6.08 Å². The summed E-state index contributed by atoms with van der Waals surface area (Å²) >= 11 is 0. The minimum Gasteiger partial charge on any atom is -0.348 e. The number of nitrogens with zero attached hydrogens (tertiary/aromatic N) is 2. The first-order valence-electron chi connectivity index (χ1n) is 4.71. The van der Waals surface area contributed by atoms with Crippen LogP contribution >= 0.6 is 0 Å². The molecular formula is C11H13N3. The largest absolute Gasteiger partial charge is 0.348 e. The molecule has 0 amide bonds. The Bertz CT molecular complexity index is 391. The number of H-pyrrole nitrogens is 1. The van der Waals surface area contributed by atoms with Crippen LogP contribution in [0.15, 0.2) is 24.1 Å². The van der Waals surface area contributed by atoms with Gasteiger partial charge in [0.2, 0.25) is 0 Å². The van der Waals surface area contributed by atoms with Crippen molar-refractivity contribution >= 4 is 6.08 Å². The molecule has 0 atom stereocenters. The van der Waals surface area contributed by atoms with Gasteiger partial charge in [0.1, 0.15) is 0 Å². The summed E-state index contributed by atoms with van der Waals surface area (Å²) in [7, 11) is 0. The SMILES string of the molecule is CC.N#CC1=CCc2[nH]cnc2C=C1. The van der Waals surface area contributed by atoms with Crippen LogP contribution in [-0.4, -0.2) is 9.97 Å². The van der Waals surface area contributed by atoms with E-state index in [1.165, 1.54) is 0 Å². The zero-order chi connectivity index (χ0) is 10.4. The number of aromatic amines is 1. The maximum Gasteiger partial charge on any atom is 0.0988 e. The van der Waals surface area contributed by atoms with Gasteiger partial charge in [0.15, 0.2) is 0 Å². The van der Waals surface area contributed by atoms with E-state index in [2.05, 4.69) is 16.0 Å². The highest BCUT2D eigenvalue weighted by atomic mass is 14.9. The lowest BCUT2D eigenvalue weighted by Gasteiger charge is -1.88. The first kappa shape index (κ1) is 10.3. The Kier molecular flexibility index (Phi) is 3.69. The van der Waals surface area contributed by atoms with Crippen molar-refractivity contribution in [1.29, 1.82) is 5.26 Å². The van der Waals surface area contributed by atoms with Gasteiger partial charge in [-0.1, -0.05) is 19.9 Å². The van der Waals surface area contributed by atoms with Gasteiger partial charge in [0.25, 0.3) is 0 Å². The highest BCUT2D eigenvalue weighted by molar-refractivity contribution is 5.56. The van der Waals surface area contributed by atoms with Crippen molar-refractivity contribution in [3.63, 3.8) is 0 Å². The van der Waals surface area contributed by atoms with E-state index in [1.54, 1.807) is 12.4 Å². The number of rotatable bonds is 0. The third-order valence-corrected chi connectivity index (χ3v) is 1.83. The minimum atomic E-state index is 0.696. The number of hydrogen-bond acceptors (Lipinski definition) is 2. The van der Waals surface area contributed by atoms with Crippen LogP contribution in [0, 0.1) is 11.3 Å². The van der Waals surface area contributed by atoms with E-state index in [4.69, 9.17) is 5.26 Å². The van der Waals surface area contributed by atoms with E-state index < -0.39 is 0 Å². The van der Waals surface area contributed by atoms with Crippen molar-refractivity contribution in [3.05, 3.63) is 35.4 Å². The number of nitrogens with one attached hydrogen (secondary N) is 1. The van der Waals surface area contributed by atoms with E-state index in [-0.39, 0.29) is 0 Å². The van der Waals surface area contributed by atoms with Gasteiger partial charge in [-0.15, -0.1) is 0 Å². The molecule has 1 N–H and O–H groups in total. The molecule has 1 aromatic rings. The van der Waals surface area contributed by atoms with E-state index in [0.29, 0.717) is 5.57 Å². The summed E-state index contributed by atoms with van der Waals surface area (Å²) in [5.74, 6) is 0. The van der Waals surface area contributed by atoms with E-state index in [1.807, 2.05) is 26.0 Å². The Morgan fingerprint density at radius 3 is 2.93 bits per heavy atom. The van der Waals surface area contributed by atoms with Crippen molar-refractivity contribution in [2.75, 3.05) is 0 Å². The molecule has 0 radical (unpaired) electrons. The number of imidazole rings is 1. The number of allylic oxidation sites excluding steroid dienone is 3. The zero-order valence-electron chi connectivity index (χ0n) is 8.41.